The number of ether oxygens (including phenoxy) is 1. The van der Waals surface area contributed by atoms with Gasteiger partial charge in [-0.2, -0.15) is 0 Å². The van der Waals surface area contributed by atoms with Gasteiger partial charge in [0.1, 0.15) is 0 Å². The highest BCUT2D eigenvalue weighted by Gasteiger charge is 2.14. The number of benzene rings is 2. The molecule has 0 spiro atoms. The van der Waals surface area contributed by atoms with Crippen LogP contribution < -0.4 is 16.0 Å². The number of methoxy groups -OCH3 is 1. The first-order chi connectivity index (χ1) is 12.4. The van der Waals surface area contributed by atoms with Crippen molar-refractivity contribution in [3.05, 3.63) is 59.7 Å². The van der Waals surface area contributed by atoms with E-state index in [1.54, 1.807) is 42.5 Å². The Labute approximate surface area is 155 Å². The molecule has 0 saturated heterocycles. The van der Waals surface area contributed by atoms with E-state index in [0.29, 0.717) is 22.5 Å². The lowest BCUT2D eigenvalue weighted by atomic mass is 10.0. The molecule has 2 aromatic carbocycles. The Bertz CT molecular complexity index is 853. The van der Waals surface area contributed by atoms with E-state index in [0.717, 1.165) is 0 Å². The lowest BCUT2D eigenvalue weighted by molar-refractivity contribution is -0.114. The van der Waals surface area contributed by atoms with Gasteiger partial charge in [-0.15, -0.1) is 0 Å². The quantitative estimate of drug-likeness (QED) is 0.565. The summed E-state index contributed by atoms with van der Waals surface area (Å²) >= 11 is 5.03. The maximum atomic E-state index is 12.6. The fourth-order valence-electron chi connectivity index (χ4n) is 2.14. The Kier molecular flexibility index (Phi) is 6.40. The van der Waals surface area contributed by atoms with Crippen LogP contribution >= 0.6 is 12.2 Å². The van der Waals surface area contributed by atoms with Gasteiger partial charge in [0.05, 0.1) is 18.5 Å². The van der Waals surface area contributed by atoms with Crippen molar-refractivity contribution in [3.8, 4) is 0 Å². The first kappa shape index (κ1) is 19.1. The summed E-state index contributed by atoms with van der Waals surface area (Å²) in [5.74, 6) is -0.475. The molecule has 8 heteroatoms. The predicted molar refractivity (Wildman–Crippen MR) is 102 cm³/mol. The molecule has 0 saturated carbocycles. The van der Waals surface area contributed by atoms with Crippen molar-refractivity contribution in [1.29, 1.82) is 0 Å². The van der Waals surface area contributed by atoms with Crippen LogP contribution in [0.25, 0.3) is 0 Å². The van der Waals surface area contributed by atoms with E-state index in [9.17, 15) is 14.4 Å². The van der Waals surface area contributed by atoms with Gasteiger partial charge in [-0.1, -0.05) is 30.3 Å². The summed E-state index contributed by atoms with van der Waals surface area (Å²) in [5.41, 5.74) is 1.70. The molecule has 0 aliphatic rings. The van der Waals surface area contributed by atoms with E-state index in [2.05, 4.69) is 20.7 Å². The molecule has 0 aliphatic heterocycles. The fraction of sp³-hybridized carbons (Fsp3) is 0.111. The number of hydrogen-bond donors (Lipinski definition) is 3. The summed E-state index contributed by atoms with van der Waals surface area (Å²) in [4.78, 5) is 35.2. The monoisotopic (exact) mass is 371 g/mol. The second kappa shape index (κ2) is 8.72. The molecule has 2 aromatic rings. The molecular formula is C18H17N3O4S. The Balaban J connectivity index is 2.32. The van der Waals surface area contributed by atoms with Crippen LogP contribution in [0.2, 0.25) is 0 Å². The fourth-order valence-corrected chi connectivity index (χ4v) is 2.33. The zero-order chi connectivity index (χ0) is 19.1. The Hall–Kier alpha value is -3.26. The average Bonchev–Trinajstić information content (AvgIpc) is 2.62. The molecule has 0 radical (unpaired) electrons. The van der Waals surface area contributed by atoms with Gasteiger partial charge in [0.2, 0.25) is 5.91 Å². The minimum absolute atomic E-state index is 0.0345. The van der Waals surface area contributed by atoms with Crippen LogP contribution in [0.1, 0.15) is 22.8 Å². The van der Waals surface area contributed by atoms with Gasteiger partial charge in [0, 0.05) is 18.1 Å². The highest BCUT2D eigenvalue weighted by Crippen LogP contribution is 2.25. The van der Waals surface area contributed by atoms with Crippen LogP contribution in [0.5, 0.6) is 0 Å². The molecule has 2 rings (SSSR count). The normalized spacial score (nSPS) is 9.77. The van der Waals surface area contributed by atoms with Crippen LogP contribution in [-0.4, -0.2) is 30.0 Å². The number of amides is 2. The standard InChI is InChI=1S/C18H17N3O4S/c1-11(22)19-14-9-8-13(16(23)12-6-4-3-5-7-12)10-15(14)20-17(26)21-18(24)25-2/h3-10H,1-2H3,(H,19,22)(H2,20,21,24,26). The summed E-state index contributed by atoms with van der Waals surface area (Å²) in [6.07, 6.45) is -0.736. The molecule has 134 valence electrons. The summed E-state index contributed by atoms with van der Waals surface area (Å²) in [5, 5.41) is 7.68. The third-order valence-electron chi connectivity index (χ3n) is 3.28. The predicted octanol–water partition coefficient (Wildman–Crippen LogP) is 2.93. The number of hydrogen-bond acceptors (Lipinski definition) is 5. The van der Waals surface area contributed by atoms with Gasteiger partial charge >= 0.3 is 6.09 Å². The number of nitrogens with one attached hydrogen (secondary N) is 3. The van der Waals surface area contributed by atoms with Gasteiger partial charge in [-0.25, -0.2) is 4.79 Å². The SMILES string of the molecule is COC(=O)NC(=S)Nc1cc(C(=O)c2ccccc2)ccc1NC(C)=O. The molecule has 0 bridgehead atoms. The second-order valence-electron chi connectivity index (χ2n) is 5.21. The molecule has 0 aromatic heterocycles. The van der Waals surface area contributed by atoms with Crippen LogP contribution in [-0.2, 0) is 9.53 Å². The first-order valence-electron chi connectivity index (χ1n) is 7.58. The minimum Gasteiger partial charge on any atom is -0.453 e. The smallest absolute Gasteiger partial charge is 0.413 e. The summed E-state index contributed by atoms with van der Waals surface area (Å²) in [6, 6.07) is 13.5. The number of alkyl carbamates (subject to hydrolysis) is 1. The lowest BCUT2D eigenvalue weighted by Gasteiger charge is -2.14. The molecule has 26 heavy (non-hydrogen) atoms. The van der Waals surface area contributed by atoms with Crippen LogP contribution in [0, 0.1) is 0 Å². The van der Waals surface area contributed by atoms with Crippen molar-refractivity contribution in [2.24, 2.45) is 0 Å². The van der Waals surface area contributed by atoms with Crippen LogP contribution in [0.4, 0.5) is 16.2 Å². The largest absolute Gasteiger partial charge is 0.453 e. The Morgan fingerprint density at radius 2 is 1.62 bits per heavy atom. The van der Waals surface area contributed by atoms with Gasteiger partial charge in [0.15, 0.2) is 10.9 Å². The second-order valence-corrected chi connectivity index (χ2v) is 5.62. The van der Waals surface area contributed by atoms with Crippen molar-refractivity contribution in [1.82, 2.24) is 5.32 Å². The Morgan fingerprint density at radius 3 is 2.23 bits per heavy atom. The van der Waals surface area contributed by atoms with Gasteiger partial charge < -0.3 is 15.4 Å². The van der Waals surface area contributed by atoms with Crippen molar-refractivity contribution in [3.63, 3.8) is 0 Å². The maximum absolute atomic E-state index is 12.6. The van der Waals surface area contributed by atoms with E-state index in [-0.39, 0.29) is 16.8 Å². The van der Waals surface area contributed by atoms with E-state index < -0.39 is 6.09 Å². The van der Waals surface area contributed by atoms with E-state index in [1.165, 1.54) is 14.0 Å². The van der Waals surface area contributed by atoms with Crippen molar-refractivity contribution < 1.29 is 19.1 Å². The molecule has 0 heterocycles. The number of rotatable bonds is 4. The molecule has 0 atom stereocenters. The number of carbonyl (C=O) groups is 3. The zero-order valence-corrected chi connectivity index (χ0v) is 15.0. The third kappa shape index (κ3) is 5.12. The van der Waals surface area contributed by atoms with E-state index in [4.69, 9.17) is 12.2 Å². The topological polar surface area (TPSA) is 96.5 Å². The molecule has 0 fully saturated rings. The minimum atomic E-state index is -0.736. The third-order valence-corrected chi connectivity index (χ3v) is 3.48. The Morgan fingerprint density at radius 1 is 0.923 bits per heavy atom. The van der Waals surface area contributed by atoms with Gasteiger partial charge in [-0.3, -0.25) is 14.9 Å². The highest BCUT2D eigenvalue weighted by atomic mass is 32.1. The van der Waals surface area contributed by atoms with E-state index >= 15 is 0 Å². The summed E-state index contributed by atoms with van der Waals surface area (Å²) in [6.45, 7) is 1.36. The number of thiocarbonyl (C=S) groups is 1. The summed E-state index contributed by atoms with van der Waals surface area (Å²) < 4.78 is 4.47. The number of anilines is 2. The zero-order valence-electron chi connectivity index (χ0n) is 14.2. The van der Waals surface area contributed by atoms with Crippen molar-refractivity contribution >= 4 is 46.5 Å². The highest BCUT2D eigenvalue weighted by molar-refractivity contribution is 7.80. The van der Waals surface area contributed by atoms with Crippen LogP contribution in [0.15, 0.2) is 48.5 Å². The molecule has 0 unspecified atom stereocenters. The van der Waals surface area contributed by atoms with Gasteiger partial charge in [0.25, 0.3) is 0 Å². The van der Waals surface area contributed by atoms with Gasteiger partial charge in [-0.05, 0) is 30.4 Å². The molecule has 2 amide bonds. The first-order valence-corrected chi connectivity index (χ1v) is 7.99. The summed E-state index contributed by atoms with van der Waals surface area (Å²) in [7, 11) is 1.21. The lowest BCUT2D eigenvalue weighted by Crippen LogP contribution is -2.34. The molecule has 3 N–H and O–H groups in total. The number of ketones is 1. The number of carbonyl (C=O) groups excluding carboxylic acids is 3. The molecule has 7 nitrogen and oxygen atoms in total. The average molecular weight is 371 g/mol. The van der Waals surface area contributed by atoms with Crippen LogP contribution in [0.3, 0.4) is 0 Å². The van der Waals surface area contributed by atoms with Crippen molar-refractivity contribution in [2.45, 2.75) is 6.92 Å². The molecule has 0 aliphatic carbocycles. The van der Waals surface area contributed by atoms with E-state index in [1.807, 2.05) is 6.07 Å². The molecular weight excluding hydrogens is 354 g/mol. The maximum Gasteiger partial charge on any atom is 0.413 e. The van der Waals surface area contributed by atoms with Crippen molar-refractivity contribution in [2.75, 3.05) is 17.7 Å².